The predicted octanol–water partition coefficient (Wildman–Crippen LogP) is 5.56. The molecule has 0 saturated heterocycles. The number of halogens is 1. The van der Waals surface area contributed by atoms with Gasteiger partial charge < -0.3 is 13.8 Å². The Morgan fingerprint density at radius 2 is 1.64 bits per heavy atom. The van der Waals surface area contributed by atoms with Crippen LogP contribution in [0.1, 0.15) is 36.2 Å². The van der Waals surface area contributed by atoms with Gasteiger partial charge in [-0.3, -0.25) is 4.79 Å². The Hall–Kier alpha value is -3.03. The number of carbonyl (C=O) groups is 1. The van der Waals surface area contributed by atoms with Crippen LogP contribution in [0.4, 0.5) is 0 Å². The van der Waals surface area contributed by atoms with E-state index in [1.165, 1.54) is 19.2 Å². The molecule has 174 valence electrons. The minimum Gasteiger partial charge on any atom is -0.497 e. The second kappa shape index (κ2) is 10.7. The van der Waals surface area contributed by atoms with Gasteiger partial charge in [0, 0.05) is 18.2 Å². The maximum absolute atomic E-state index is 13.3. The molecule has 8 heteroatoms. The third-order valence-corrected chi connectivity index (χ3v) is 6.93. The first-order valence-corrected chi connectivity index (χ1v) is 12.3. The molecule has 33 heavy (non-hydrogen) atoms. The minimum atomic E-state index is -4.08. The lowest BCUT2D eigenvalue weighted by molar-refractivity contribution is 0.0671. The summed E-state index contributed by atoms with van der Waals surface area (Å²) in [5.41, 5.74) is 0.957. The van der Waals surface area contributed by atoms with E-state index in [-0.39, 0.29) is 29.1 Å². The summed E-state index contributed by atoms with van der Waals surface area (Å²) < 4.78 is 36.3. The molecule has 3 aromatic carbocycles. The van der Waals surface area contributed by atoms with E-state index in [4.69, 9.17) is 20.5 Å². The number of hydrogen-bond donors (Lipinski definition) is 0. The fourth-order valence-electron chi connectivity index (χ4n) is 3.25. The molecule has 0 fully saturated rings. The van der Waals surface area contributed by atoms with Crippen molar-refractivity contribution in [3.8, 4) is 11.5 Å². The monoisotopic (exact) mass is 487 g/mol. The fourth-order valence-corrected chi connectivity index (χ4v) is 4.43. The summed E-state index contributed by atoms with van der Waals surface area (Å²) >= 11 is 6.26. The fraction of sp³-hybridized carbons (Fsp3) is 0.240. The van der Waals surface area contributed by atoms with Crippen LogP contribution in [0.15, 0.2) is 77.7 Å². The Kier molecular flexibility index (Phi) is 8.00. The van der Waals surface area contributed by atoms with Gasteiger partial charge in [-0.2, -0.15) is 8.42 Å². The number of ether oxygens (including phenoxy) is 1. The average molecular weight is 488 g/mol. The number of carbonyl (C=O) groups excluding carboxylic acids is 1. The van der Waals surface area contributed by atoms with Crippen molar-refractivity contribution in [2.75, 3.05) is 7.11 Å². The van der Waals surface area contributed by atoms with E-state index in [2.05, 4.69) is 0 Å². The van der Waals surface area contributed by atoms with Crippen LogP contribution in [0.3, 0.4) is 0 Å². The molecular formula is C25H26ClNO5S. The van der Waals surface area contributed by atoms with Gasteiger partial charge in [-0.15, -0.1) is 0 Å². The standard InChI is InChI=1S/C25H26ClNO5S/c1-4-18(2)27(25(28)22-10-6-7-11-23(22)26)17-19-9-5-8-12-24(19)32-33(29,30)21-15-13-20(31-3)14-16-21/h5-16,18H,4,17H2,1-3H3. The lowest BCUT2D eigenvalue weighted by atomic mass is 10.1. The van der Waals surface area contributed by atoms with E-state index < -0.39 is 10.1 Å². The zero-order chi connectivity index (χ0) is 24.0. The van der Waals surface area contributed by atoms with E-state index >= 15 is 0 Å². The lowest BCUT2D eigenvalue weighted by Gasteiger charge is -2.29. The van der Waals surface area contributed by atoms with Crippen molar-refractivity contribution < 1.29 is 22.1 Å². The molecular weight excluding hydrogens is 462 g/mol. The smallest absolute Gasteiger partial charge is 0.339 e. The minimum absolute atomic E-state index is 0.00373. The highest BCUT2D eigenvalue weighted by atomic mass is 35.5. The summed E-state index contributed by atoms with van der Waals surface area (Å²) in [6, 6.07) is 19.5. The third kappa shape index (κ3) is 5.86. The van der Waals surface area contributed by atoms with Crippen molar-refractivity contribution in [2.24, 2.45) is 0 Å². The number of methoxy groups -OCH3 is 1. The lowest BCUT2D eigenvalue weighted by Crippen LogP contribution is -2.38. The van der Waals surface area contributed by atoms with Crippen LogP contribution in [-0.2, 0) is 16.7 Å². The molecule has 6 nitrogen and oxygen atoms in total. The molecule has 3 aromatic rings. The van der Waals surface area contributed by atoms with Crippen molar-refractivity contribution in [2.45, 2.75) is 37.8 Å². The molecule has 0 aliphatic carbocycles. The Balaban J connectivity index is 1.91. The average Bonchev–Trinajstić information content (AvgIpc) is 2.82. The quantitative estimate of drug-likeness (QED) is 0.369. The molecule has 1 unspecified atom stereocenters. The largest absolute Gasteiger partial charge is 0.497 e. The first-order valence-electron chi connectivity index (χ1n) is 10.5. The molecule has 0 aliphatic rings. The van der Waals surface area contributed by atoms with Crippen molar-refractivity contribution in [1.82, 2.24) is 4.90 Å². The predicted molar refractivity (Wildman–Crippen MR) is 128 cm³/mol. The van der Waals surface area contributed by atoms with Gasteiger partial charge in [-0.1, -0.05) is 48.9 Å². The molecule has 0 radical (unpaired) electrons. The number of nitrogens with zero attached hydrogens (tertiary/aromatic N) is 1. The van der Waals surface area contributed by atoms with Gasteiger partial charge >= 0.3 is 10.1 Å². The molecule has 3 rings (SSSR count). The first kappa shape index (κ1) is 24.6. The normalized spacial score (nSPS) is 12.1. The summed E-state index contributed by atoms with van der Waals surface area (Å²) in [6.45, 7) is 4.08. The second-order valence-electron chi connectivity index (χ2n) is 7.49. The maximum Gasteiger partial charge on any atom is 0.339 e. The number of amides is 1. The highest BCUT2D eigenvalue weighted by Crippen LogP contribution is 2.28. The van der Waals surface area contributed by atoms with Crippen LogP contribution in [-0.4, -0.2) is 32.4 Å². The summed E-state index contributed by atoms with van der Waals surface area (Å²) in [4.78, 5) is 15.0. The van der Waals surface area contributed by atoms with Crippen LogP contribution < -0.4 is 8.92 Å². The molecule has 1 atom stereocenters. The Labute approximate surface area is 199 Å². The summed E-state index contributed by atoms with van der Waals surface area (Å²) in [5.74, 6) is 0.466. The van der Waals surface area contributed by atoms with Gasteiger partial charge in [-0.05, 0) is 55.8 Å². The molecule has 0 N–H and O–H groups in total. The number of benzene rings is 3. The molecule has 0 aromatic heterocycles. The number of rotatable bonds is 9. The van der Waals surface area contributed by atoms with Crippen LogP contribution in [0.5, 0.6) is 11.5 Å². The van der Waals surface area contributed by atoms with Gasteiger partial charge in [0.25, 0.3) is 5.91 Å². The summed E-state index contributed by atoms with van der Waals surface area (Å²) in [7, 11) is -2.58. The topological polar surface area (TPSA) is 72.9 Å². The van der Waals surface area contributed by atoms with Crippen molar-refractivity contribution in [3.05, 3.63) is 88.9 Å². The highest BCUT2D eigenvalue weighted by Gasteiger charge is 2.25. The SMILES string of the molecule is CCC(C)N(Cc1ccccc1OS(=O)(=O)c1ccc(OC)cc1)C(=O)c1ccccc1Cl. The van der Waals surface area contributed by atoms with Crippen molar-refractivity contribution in [3.63, 3.8) is 0 Å². The number of hydrogen-bond acceptors (Lipinski definition) is 5. The van der Waals surface area contributed by atoms with Gasteiger partial charge in [0.05, 0.1) is 17.7 Å². The van der Waals surface area contributed by atoms with E-state index in [1.807, 2.05) is 13.8 Å². The summed E-state index contributed by atoms with van der Waals surface area (Å²) in [5, 5.41) is 0.363. The Morgan fingerprint density at radius 1 is 1.00 bits per heavy atom. The Morgan fingerprint density at radius 3 is 2.27 bits per heavy atom. The highest BCUT2D eigenvalue weighted by molar-refractivity contribution is 7.87. The van der Waals surface area contributed by atoms with Crippen LogP contribution >= 0.6 is 11.6 Å². The van der Waals surface area contributed by atoms with Crippen LogP contribution in [0.2, 0.25) is 5.02 Å². The molecule has 0 bridgehead atoms. The summed E-state index contributed by atoms with van der Waals surface area (Å²) in [6.07, 6.45) is 0.712. The van der Waals surface area contributed by atoms with Crippen molar-refractivity contribution >= 4 is 27.6 Å². The maximum atomic E-state index is 13.3. The zero-order valence-electron chi connectivity index (χ0n) is 18.7. The third-order valence-electron chi connectivity index (χ3n) is 5.35. The van der Waals surface area contributed by atoms with Gasteiger partial charge in [0.1, 0.15) is 16.4 Å². The van der Waals surface area contributed by atoms with Crippen molar-refractivity contribution in [1.29, 1.82) is 0 Å². The molecule has 0 heterocycles. The molecule has 0 saturated carbocycles. The molecule has 1 amide bonds. The molecule has 0 spiro atoms. The first-order chi connectivity index (χ1) is 15.8. The van der Waals surface area contributed by atoms with Gasteiger partial charge in [0.2, 0.25) is 0 Å². The van der Waals surface area contributed by atoms with Gasteiger partial charge in [0.15, 0.2) is 0 Å². The van der Waals surface area contributed by atoms with Gasteiger partial charge in [-0.25, -0.2) is 0 Å². The van der Waals surface area contributed by atoms with Crippen LogP contribution in [0.25, 0.3) is 0 Å². The zero-order valence-corrected chi connectivity index (χ0v) is 20.3. The van der Waals surface area contributed by atoms with E-state index in [0.717, 1.165) is 0 Å². The number of para-hydroxylation sites is 1. The van der Waals surface area contributed by atoms with E-state index in [1.54, 1.807) is 65.6 Å². The van der Waals surface area contributed by atoms with E-state index in [0.29, 0.717) is 28.3 Å². The molecule has 0 aliphatic heterocycles. The van der Waals surface area contributed by atoms with Crippen LogP contribution in [0, 0.1) is 0 Å². The second-order valence-corrected chi connectivity index (χ2v) is 9.44. The Bertz CT molecular complexity index is 1210. The van der Waals surface area contributed by atoms with E-state index in [9.17, 15) is 13.2 Å².